The molecule has 196 valence electrons. The molecule has 10 nitrogen and oxygen atoms in total. The summed E-state index contributed by atoms with van der Waals surface area (Å²) in [5.41, 5.74) is 1.48. The Kier molecular flexibility index (Phi) is 11.2. The molecular formula is C25H39N3O7. The molecule has 1 aromatic rings. The van der Waals surface area contributed by atoms with Gasteiger partial charge in [0.05, 0.1) is 13.7 Å². The molecule has 0 heterocycles. The van der Waals surface area contributed by atoms with Crippen molar-refractivity contribution in [3.05, 3.63) is 34.9 Å². The first kappa shape index (κ1) is 29.9. The Morgan fingerprint density at radius 1 is 1.06 bits per heavy atom. The van der Waals surface area contributed by atoms with Crippen molar-refractivity contribution < 1.29 is 33.8 Å². The van der Waals surface area contributed by atoms with Gasteiger partial charge in [-0.15, -0.1) is 0 Å². The zero-order valence-electron chi connectivity index (χ0n) is 21.9. The van der Waals surface area contributed by atoms with Gasteiger partial charge >= 0.3 is 12.1 Å². The fourth-order valence-electron chi connectivity index (χ4n) is 3.57. The van der Waals surface area contributed by atoms with Crippen LogP contribution in [0.3, 0.4) is 0 Å². The highest BCUT2D eigenvalue weighted by Gasteiger charge is 2.37. The van der Waals surface area contributed by atoms with Gasteiger partial charge in [0.25, 0.3) is 0 Å². The minimum atomic E-state index is -1.17. The molecule has 0 radical (unpaired) electrons. The number of rotatable bonds is 10. The molecule has 0 bridgehead atoms. The van der Waals surface area contributed by atoms with Crippen LogP contribution in [0.25, 0.3) is 0 Å². The largest absolute Gasteiger partial charge is 0.468 e. The number of methoxy groups -OCH3 is 1. The molecule has 3 N–H and O–H groups in total. The number of amides is 3. The topological polar surface area (TPSA) is 134 Å². The van der Waals surface area contributed by atoms with Gasteiger partial charge in [0, 0.05) is 6.54 Å². The van der Waals surface area contributed by atoms with Crippen LogP contribution in [-0.4, -0.2) is 72.3 Å². The average Bonchev–Trinajstić information content (AvgIpc) is 2.72. The third-order valence-electron chi connectivity index (χ3n) is 4.98. The van der Waals surface area contributed by atoms with Gasteiger partial charge in [-0.25, -0.2) is 4.79 Å². The van der Waals surface area contributed by atoms with Crippen LogP contribution in [0.2, 0.25) is 0 Å². The molecule has 0 aliphatic heterocycles. The van der Waals surface area contributed by atoms with Crippen LogP contribution in [0.1, 0.15) is 57.4 Å². The molecular weight excluding hydrogens is 454 g/mol. The SMILES string of the molecule is COC(=O)CNC(=O)C(c1cc(C)cc(C)c1)N(CCO)C(=O)C(NC(=O)OC(C)(C)C)C(C)C. The third kappa shape index (κ3) is 9.56. The number of carbonyl (C=O) groups is 4. The van der Waals surface area contributed by atoms with E-state index in [1.807, 2.05) is 19.9 Å². The van der Waals surface area contributed by atoms with E-state index in [1.165, 1.54) is 12.0 Å². The van der Waals surface area contributed by atoms with Gasteiger partial charge in [-0.1, -0.05) is 43.2 Å². The van der Waals surface area contributed by atoms with Gasteiger partial charge < -0.3 is 30.1 Å². The van der Waals surface area contributed by atoms with Gasteiger partial charge in [0.2, 0.25) is 11.8 Å². The van der Waals surface area contributed by atoms with Crippen LogP contribution in [0.4, 0.5) is 4.79 Å². The number of benzene rings is 1. The molecule has 0 fully saturated rings. The van der Waals surface area contributed by atoms with Crippen molar-refractivity contribution in [3.63, 3.8) is 0 Å². The fraction of sp³-hybridized carbons (Fsp3) is 0.600. The zero-order valence-corrected chi connectivity index (χ0v) is 21.9. The molecule has 2 unspecified atom stereocenters. The lowest BCUT2D eigenvalue weighted by atomic mass is 9.96. The highest BCUT2D eigenvalue weighted by molar-refractivity contribution is 5.93. The van der Waals surface area contributed by atoms with Gasteiger partial charge in [-0.05, 0) is 46.1 Å². The number of aryl methyl sites for hydroxylation is 2. The Morgan fingerprint density at radius 2 is 1.63 bits per heavy atom. The van der Waals surface area contributed by atoms with Crippen molar-refractivity contribution in [1.82, 2.24) is 15.5 Å². The molecule has 0 saturated carbocycles. The van der Waals surface area contributed by atoms with Crippen molar-refractivity contribution >= 4 is 23.9 Å². The van der Waals surface area contributed by atoms with Gasteiger partial charge in [0.15, 0.2) is 0 Å². The summed E-state index contributed by atoms with van der Waals surface area (Å²) in [6, 6.07) is 3.25. The van der Waals surface area contributed by atoms with E-state index < -0.39 is 48.2 Å². The molecule has 0 spiro atoms. The van der Waals surface area contributed by atoms with Crippen LogP contribution < -0.4 is 10.6 Å². The highest BCUT2D eigenvalue weighted by Crippen LogP contribution is 2.25. The third-order valence-corrected chi connectivity index (χ3v) is 4.98. The summed E-state index contributed by atoms with van der Waals surface area (Å²) in [5, 5.41) is 14.9. The second-order valence-corrected chi connectivity index (χ2v) is 9.74. The number of nitrogens with zero attached hydrogens (tertiary/aromatic N) is 1. The number of alkyl carbamates (subject to hydrolysis) is 1. The van der Waals surface area contributed by atoms with Gasteiger partial charge in [-0.2, -0.15) is 0 Å². The summed E-state index contributed by atoms with van der Waals surface area (Å²) in [6.07, 6.45) is -0.772. The highest BCUT2D eigenvalue weighted by atomic mass is 16.6. The van der Waals surface area contributed by atoms with Crippen LogP contribution in [0.5, 0.6) is 0 Å². The minimum Gasteiger partial charge on any atom is -0.468 e. The van der Waals surface area contributed by atoms with Crippen LogP contribution >= 0.6 is 0 Å². The van der Waals surface area contributed by atoms with Crippen LogP contribution in [0, 0.1) is 19.8 Å². The van der Waals surface area contributed by atoms with E-state index in [0.717, 1.165) is 11.1 Å². The molecule has 0 aliphatic carbocycles. The van der Waals surface area contributed by atoms with Crippen LogP contribution in [0.15, 0.2) is 18.2 Å². The standard InChI is InChI=1S/C25H39N3O7/c1-15(2)20(27-24(33)35-25(5,6)7)23(32)28(9-10-29)21(22(31)26-14-19(30)34-8)18-12-16(3)11-17(4)13-18/h11-13,15,20-21,29H,9-10,14H2,1-8H3,(H,26,31)(H,27,33). The summed E-state index contributed by atoms with van der Waals surface area (Å²) >= 11 is 0. The second kappa shape index (κ2) is 13.1. The monoisotopic (exact) mass is 493 g/mol. The maximum atomic E-state index is 13.7. The molecule has 2 atom stereocenters. The normalized spacial score (nSPS) is 13.0. The Labute approximate surface area is 207 Å². The van der Waals surface area contributed by atoms with E-state index in [-0.39, 0.29) is 19.0 Å². The minimum absolute atomic E-state index is 0.179. The predicted octanol–water partition coefficient (Wildman–Crippen LogP) is 2.00. The summed E-state index contributed by atoms with van der Waals surface area (Å²) in [5.74, 6) is -2.20. The number of aliphatic hydroxyl groups excluding tert-OH is 1. The molecule has 1 aromatic carbocycles. The second-order valence-electron chi connectivity index (χ2n) is 9.74. The van der Waals surface area contributed by atoms with Crippen molar-refractivity contribution in [2.75, 3.05) is 26.8 Å². The van der Waals surface area contributed by atoms with Crippen molar-refractivity contribution in [2.45, 2.75) is 66.2 Å². The molecule has 35 heavy (non-hydrogen) atoms. The van der Waals surface area contributed by atoms with E-state index in [2.05, 4.69) is 15.4 Å². The van der Waals surface area contributed by atoms with Crippen molar-refractivity contribution in [1.29, 1.82) is 0 Å². The quantitative estimate of drug-likeness (QED) is 0.425. The molecule has 1 rings (SSSR count). The summed E-state index contributed by atoms with van der Waals surface area (Å²) in [4.78, 5) is 52.3. The lowest BCUT2D eigenvalue weighted by molar-refractivity contribution is -0.145. The lowest BCUT2D eigenvalue weighted by Gasteiger charge is -2.35. The maximum absolute atomic E-state index is 13.7. The van der Waals surface area contributed by atoms with Crippen LogP contribution in [-0.2, 0) is 23.9 Å². The number of ether oxygens (including phenoxy) is 2. The average molecular weight is 494 g/mol. The first-order valence-corrected chi connectivity index (χ1v) is 11.5. The Bertz CT molecular complexity index is 889. The lowest BCUT2D eigenvalue weighted by Crippen LogP contribution is -2.55. The number of esters is 1. The molecule has 0 saturated heterocycles. The number of aliphatic hydroxyl groups is 1. The van der Waals surface area contributed by atoms with E-state index in [4.69, 9.17) is 4.74 Å². The number of carbonyl (C=O) groups excluding carboxylic acids is 4. The van der Waals surface area contributed by atoms with E-state index >= 15 is 0 Å². The maximum Gasteiger partial charge on any atom is 0.408 e. The van der Waals surface area contributed by atoms with E-state index in [1.54, 1.807) is 46.8 Å². The Hall–Kier alpha value is -3.14. The molecule has 10 heteroatoms. The molecule has 3 amide bonds. The van der Waals surface area contributed by atoms with E-state index in [0.29, 0.717) is 5.56 Å². The Balaban J connectivity index is 3.46. The smallest absolute Gasteiger partial charge is 0.408 e. The number of hydrogen-bond acceptors (Lipinski definition) is 7. The predicted molar refractivity (Wildman–Crippen MR) is 130 cm³/mol. The van der Waals surface area contributed by atoms with Gasteiger partial charge in [-0.3, -0.25) is 14.4 Å². The Morgan fingerprint density at radius 3 is 2.09 bits per heavy atom. The molecule has 0 aliphatic rings. The fourth-order valence-corrected chi connectivity index (χ4v) is 3.57. The zero-order chi connectivity index (χ0) is 26.9. The van der Waals surface area contributed by atoms with E-state index in [9.17, 15) is 24.3 Å². The summed E-state index contributed by atoms with van der Waals surface area (Å²) < 4.78 is 9.91. The van der Waals surface area contributed by atoms with Gasteiger partial charge in [0.1, 0.15) is 24.2 Å². The summed E-state index contributed by atoms with van der Waals surface area (Å²) in [6.45, 7) is 11.4. The summed E-state index contributed by atoms with van der Waals surface area (Å²) in [7, 11) is 1.20. The number of nitrogens with one attached hydrogen (secondary N) is 2. The molecule has 0 aromatic heterocycles. The first-order valence-electron chi connectivity index (χ1n) is 11.5. The number of hydrogen-bond donors (Lipinski definition) is 3. The van der Waals surface area contributed by atoms with Crippen molar-refractivity contribution in [3.8, 4) is 0 Å². The first-order chi connectivity index (χ1) is 16.2. The van der Waals surface area contributed by atoms with Crippen molar-refractivity contribution in [2.24, 2.45) is 5.92 Å².